The Balaban J connectivity index is 1.27. The van der Waals surface area contributed by atoms with Crippen LogP contribution in [0.15, 0.2) is 60.7 Å². The van der Waals surface area contributed by atoms with Gasteiger partial charge in [-0.15, -0.1) is 0 Å². The van der Waals surface area contributed by atoms with Crippen LogP contribution in [0.4, 0.5) is 5.69 Å². The molecule has 0 radical (unpaired) electrons. The van der Waals surface area contributed by atoms with E-state index in [0.29, 0.717) is 45.7 Å². The van der Waals surface area contributed by atoms with Crippen molar-refractivity contribution in [3.63, 3.8) is 0 Å². The Kier molecular flexibility index (Phi) is 7.97. The number of para-hydroxylation sites is 1. The molecule has 2 heterocycles. The Hall–Kier alpha value is -2.75. The van der Waals surface area contributed by atoms with Crippen LogP contribution in [0.1, 0.15) is 12.0 Å². The quantitative estimate of drug-likeness (QED) is 0.605. The zero-order chi connectivity index (χ0) is 24.0. The molecule has 0 saturated carbocycles. The molecule has 1 atom stereocenters. The van der Waals surface area contributed by atoms with Gasteiger partial charge in [0.2, 0.25) is 11.8 Å². The number of nitrogens with one attached hydrogen (secondary N) is 1. The van der Waals surface area contributed by atoms with Crippen molar-refractivity contribution in [1.29, 1.82) is 0 Å². The molecule has 9 heteroatoms. The van der Waals surface area contributed by atoms with Gasteiger partial charge in [0.15, 0.2) is 9.84 Å². The summed E-state index contributed by atoms with van der Waals surface area (Å²) in [5, 5.41) is 2.96. The number of rotatable bonds is 8. The monoisotopic (exact) mass is 484 g/mol. The first-order chi connectivity index (χ1) is 16.4. The number of carbonyl (C=O) groups excluding carboxylic acids is 2. The molecule has 0 bridgehead atoms. The van der Waals surface area contributed by atoms with Gasteiger partial charge in [-0.05, 0) is 24.1 Å². The average Bonchev–Trinajstić information content (AvgIpc) is 3.19. The predicted octanol–water partition coefficient (Wildman–Crippen LogP) is 1.14. The molecule has 2 fully saturated rings. The van der Waals surface area contributed by atoms with Crippen molar-refractivity contribution >= 4 is 27.3 Å². The highest BCUT2D eigenvalue weighted by atomic mass is 32.2. The molecule has 1 unspecified atom stereocenters. The first kappa shape index (κ1) is 24.4. The summed E-state index contributed by atoms with van der Waals surface area (Å²) in [4.78, 5) is 31.5. The van der Waals surface area contributed by atoms with Crippen LogP contribution in [-0.4, -0.2) is 86.8 Å². The van der Waals surface area contributed by atoms with E-state index in [-0.39, 0.29) is 35.9 Å². The Morgan fingerprint density at radius 2 is 1.47 bits per heavy atom. The zero-order valence-corrected chi connectivity index (χ0v) is 20.1. The van der Waals surface area contributed by atoms with Gasteiger partial charge >= 0.3 is 0 Å². The van der Waals surface area contributed by atoms with Crippen LogP contribution in [0.5, 0.6) is 0 Å². The number of carbonyl (C=O) groups is 2. The molecule has 1 N–H and O–H groups in total. The van der Waals surface area contributed by atoms with Crippen LogP contribution in [-0.2, 0) is 26.0 Å². The van der Waals surface area contributed by atoms with Crippen LogP contribution in [0.2, 0.25) is 0 Å². The minimum atomic E-state index is -3.11. The first-order valence-corrected chi connectivity index (χ1v) is 13.5. The van der Waals surface area contributed by atoms with Gasteiger partial charge < -0.3 is 10.2 Å². The number of anilines is 1. The van der Waals surface area contributed by atoms with E-state index in [1.54, 1.807) is 4.90 Å². The number of nitrogens with zero attached hydrogens (tertiary/aromatic N) is 3. The molecule has 0 aromatic heterocycles. The van der Waals surface area contributed by atoms with Crippen LogP contribution in [0.3, 0.4) is 0 Å². The van der Waals surface area contributed by atoms with Gasteiger partial charge in [0.25, 0.3) is 0 Å². The largest absolute Gasteiger partial charge is 0.351 e. The molecule has 2 aromatic carbocycles. The highest BCUT2D eigenvalue weighted by molar-refractivity contribution is 7.91. The van der Waals surface area contributed by atoms with Crippen molar-refractivity contribution in [1.82, 2.24) is 15.1 Å². The minimum Gasteiger partial charge on any atom is -0.351 e. The topological polar surface area (TPSA) is 90.0 Å². The molecular formula is C25H32N4O4S. The molecule has 0 spiro atoms. The fourth-order valence-corrected chi connectivity index (χ4v) is 6.25. The smallest absolute Gasteiger partial charge is 0.241 e. The van der Waals surface area contributed by atoms with Gasteiger partial charge in [0.05, 0.1) is 30.6 Å². The van der Waals surface area contributed by atoms with Crippen molar-refractivity contribution in [2.75, 3.05) is 55.7 Å². The average molecular weight is 485 g/mol. The SMILES string of the molecule is O=C(CN1CCN(CC(=O)N(c2ccccc2)C2CCS(=O)(=O)C2)CC1)NCc1ccccc1. The number of hydrogen-bond acceptors (Lipinski definition) is 6. The zero-order valence-electron chi connectivity index (χ0n) is 19.3. The van der Waals surface area contributed by atoms with Crippen molar-refractivity contribution in [2.24, 2.45) is 0 Å². The van der Waals surface area contributed by atoms with E-state index in [1.807, 2.05) is 60.7 Å². The summed E-state index contributed by atoms with van der Waals surface area (Å²) in [5.41, 5.74) is 1.81. The molecule has 2 aliphatic heterocycles. The Labute approximate surface area is 201 Å². The fraction of sp³-hybridized carbons (Fsp3) is 0.440. The van der Waals surface area contributed by atoms with Gasteiger partial charge in [0, 0.05) is 38.4 Å². The van der Waals surface area contributed by atoms with Crippen molar-refractivity contribution in [2.45, 2.75) is 19.0 Å². The standard InChI is InChI=1S/C25H32N4O4S/c30-24(26-17-21-7-3-1-4-8-21)18-27-12-14-28(15-13-27)19-25(31)29(22-9-5-2-6-10-22)23-11-16-34(32,33)20-23/h1-10,23H,11-20H2,(H,26,30). The molecular weight excluding hydrogens is 452 g/mol. The van der Waals surface area contributed by atoms with E-state index < -0.39 is 9.84 Å². The molecule has 2 saturated heterocycles. The maximum Gasteiger partial charge on any atom is 0.241 e. The molecule has 34 heavy (non-hydrogen) atoms. The Morgan fingerprint density at radius 3 is 2.06 bits per heavy atom. The molecule has 2 aliphatic rings. The van der Waals surface area contributed by atoms with Gasteiger partial charge in [0.1, 0.15) is 0 Å². The summed E-state index contributed by atoms with van der Waals surface area (Å²) in [6.45, 7) is 3.86. The van der Waals surface area contributed by atoms with Crippen LogP contribution < -0.4 is 10.2 Å². The third-order valence-electron chi connectivity index (χ3n) is 6.40. The van der Waals surface area contributed by atoms with Crippen LogP contribution in [0, 0.1) is 0 Å². The number of piperazine rings is 1. The summed E-state index contributed by atoms with van der Waals surface area (Å²) in [6, 6.07) is 18.8. The van der Waals surface area contributed by atoms with Crippen molar-refractivity contribution in [3.8, 4) is 0 Å². The summed E-state index contributed by atoms with van der Waals surface area (Å²) < 4.78 is 24.1. The second-order valence-electron chi connectivity index (χ2n) is 8.97. The molecule has 2 aromatic rings. The summed E-state index contributed by atoms with van der Waals surface area (Å²) >= 11 is 0. The Bertz CT molecular complexity index is 1070. The number of hydrogen-bond donors (Lipinski definition) is 1. The molecule has 4 rings (SSSR count). The number of benzene rings is 2. The molecule has 0 aliphatic carbocycles. The predicted molar refractivity (Wildman–Crippen MR) is 132 cm³/mol. The molecule has 8 nitrogen and oxygen atoms in total. The van der Waals surface area contributed by atoms with Crippen molar-refractivity contribution in [3.05, 3.63) is 66.2 Å². The van der Waals surface area contributed by atoms with E-state index in [4.69, 9.17) is 0 Å². The lowest BCUT2D eigenvalue weighted by atomic mass is 10.1. The minimum absolute atomic E-state index is 0.00826. The van der Waals surface area contributed by atoms with E-state index in [1.165, 1.54) is 0 Å². The molecule has 2 amide bonds. The van der Waals surface area contributed by atoms with Gasteiger partial charge in [-0.2, -0.15) is 0 Å². The maximum absolute atomic E-state index is 13.3. The second kappa shape index (κ2) is 11.1. The van der Waals surface area contributed by atoms with E-state index in [0.717, 1.165) is 11.3 Å². The van der Waals surface area contributed by atoms with Gasteiger partial charge in [-0.25, -0.2) is 8.42 Å². The van der Waals surface area contributed by atoms with Gasteiger partial charge in [-0.3, -0.25) is 19.4 Å². The van der Waals surface area contributed by atoms with Crippen molar-refractivity contribution < 1.29 is 18.0 Å². The lowest BCUT2D eigenvalue weighted by Crippen LogP contribution is -2.53. The maximum atomic E-state index is 13.3. The third kappa shape index (κ3) is 6.65. The van der Waals surface area contributed by atoms with Crippen LogP contribution >= 0.6 is 0 Å². The lowest BCUT2D eigenvalue weighted by Gasteiger charge is -2.36. The van der Waals surface area contributed by atoms with E-state index >= 15 is 0 Å². The Morgan fingerprint density at radius 1 is 0.882 bits per heavy atom. The molecule has 182 valence electrons. The lowest BCUT2D eigenvalue weighted by molar-refractivity contribution is -0.124. The van der Waals surface area contributed by atoms with Crippen LogP contribution in [0.25, 0.3) is 0 Å². The summed E-state index contributed by atoms with van der Waals surface area (Å²) in [7, 11) is -3.11. The normalized spacial score (nSPS) is 20.6. The number of sulfone groups is 1. The first-order valence-electron chi connectivity index (χ1n) is 11.7. The highest BCUT2D eigenvalue weighted by Gasteiger charge is 2.36. The summed E-state index contributed by atoms with van der Waals surface area (Å²) in [5.74, 6) is 0.0483. The summed E-state index contributed by atoms with van der Waals surface area (Å²) in [6.07, 6.45) is 0.467. The van der Waals surface area contributed by atoms with Gasteiger partial charge in [-0.1, -0.05) is 48.5 Å². The third-order valence-corrected chi connectivity index (χ3v) is 8.15. The van der Waals surface area contributed by atoms with E-state index in [9.17, 15) is 18.0 Å². The van der Waals surface area contributed by atoms with E-state index in [2.05, 4.69) is 15.1 Å². The number of amides is 2. The fourth-order valence-electron chi connectivity index (χ4n) is 4.55. The highest BCUT2D eigenvalue weighted by Crippen LogP contribution is 2.25. The second-order valence-corrected chi connectivity index (χ2v) is 11.2.